The third kappa shape index (κ3) is 4.28. The summed E-state index contributed by atoms with van der Waals surface area (Å²) >= 11 is 0. The molecule has 1 aliphatic rings. The average Bonchev–Trinajstić information content (AvgIpc) is 3.18. The quantitative estimate of drug-likeness (QED) is 0.536. The van der Waals surface area contributed by atoms with Crippen LogP contribution in [0.2, 0.25) is 0 Å². The predicted molar refractivity (Wildman–Crippen MR) is 107 cm³/mol. The zero-order valence-electron chi connectivity index (χ0n) is 15.6. The van der Waals surface area contributed by atoms with E-state index in [0.29, 0.717) is 17.1 Å². The largest absolute Gasteiger partial charge is 0.573 e. The van der Waals surface area contributed by atoms with Crippen LogP contribution in [0.15, 0.2) is 70.2 Å². The molecule has 0 saturated carbocycles. The maximum atomic E-state index is 12.6. The second kappa shape index (κ2) is 7.54. The molecular formula is C19H15F3N4O4S. The van der Waals surface area contributed by atoms with Crippen LogP contribution in [0.1, 0.15) is 5.56 Å². The molecule has 162 valence electrons. The monoisotopic (exact) mass is 452 g/mol. The second-order valence-corrected chi connectivity index (χ2v) is 8.07. The van der Waals surface area contributed by atoms with Crippen molar-refractivity contribution in [3.63, 3.8) is 0 Å². The lowest BCUT2D eigenvalue weighted by molar-refractivity contribution is -0.275. The first-order chi connectivity index (χ1) is 14.6. The summed E-state index contributed by atoms with van der Waals surface area (Å²) < 4.78 is 74.3. The molecule has 12 heteroatoms. The first-order valence-electron chi connectivity index (χ1n) is 8.79. The molecular weight excluding hydrogens is 437 g/mol. The molecule has 4 rings (SSSR count). The molecule has 31 heavy (non-hydrogen) atoms. The van der Waals surface area contributed by atoms with Crippen molar-refractivity contribution in [3.05, 3.63) is 66.4 Å². The Balaban J connectivity index is 1.54. The Labute approximate surface area is 174 Å². The average molecular weight is 452 g/mol. The number of ether oxygens (including phenoxy) is 1. The van der Waals surface area contributed by atoms with Crippen molar-refractivity contribution in [2.45, 2.75) is 11.3 Å². The van der Waals surface area contributed by atoms with Gasteiger partial charge in [0.1, 0.15) is 16.5 Å². The van der Waals surface area contributed by atoms with Gasteiger partial charge in [0.15, 0.2) is 0 Å². The van der Waals surface area contributed by atoms with Gasteiger partial charge in [-0.3, -0.25) is 10.1 Å². The molecule has 1 aromatic heterocycles. The van der Waals surface area contributed by atoms with Crippen LogP contribution in [0.5, 0.6) is 5.75 Å². The minimum Gasteiger partial charge on any atom is -0.448 e. The Hall–Kier alpha value is -3.67. The molecule has 0 bridgehead atoms. The highest BCUT2D eigenvalue weighted by Gasteiger charge is 2.34. The van der Waals surface area contributed by atoms with Crippen molar-refractivity contribution in [2.24, 2.45) is 0 Å². The molecule has 0 unspecified atom stereocenters. The zero-order chi connectivity index (χ0) is 22.2. The molecule has 0 radical (unpaired) electrons. The smallest absolute Gasteiger partial charge is 0.448 e. The summed E-state index contributed by atoms with van der Waals surface area (Å²) in [5.74, 6) is -0.137. The van der Waals surface area contributed by atoms with Crippen molar-refractivity contribution < 1.29 is 30.7 Å². The molecule has 0 fully saturated rings. The van der Waals surface area contributed by atoms with Crippen molar-refractivity contribution in [1.29, 1.82) is 5.41 Å². The number of alkyl halides is 3. The van der Waals surface area contributed by atoms with Gasteiger partial charge in [-0.25, -0.2) is 8.42 Å². The number of benzene rings is 2. The molecule has 0 saturated heterocycles. The lowest BCUT2D eigenvalue weighted by Crippen LogP contribution is -2.39. The highest BCUT2D eigenvalue weighted by molar-refractivity contribution is 7.92. The zero-order valence-corrected chi connectivity index (χ0v) is 16.4. The lowest BCUT2D eigenvalue weighted by atomic mass is 10.2. The van der Waals surface area contributed by atoms with Gasteiger partial charge in [-0.05, 0) is 42.5 Å². The topological polar surface area (TPSA) is 108 Å². The van der Waals surface area contributed by atoms with Gasteiger partial charge in [0.25, 0.3) is 10.0 Å². The second-order valence-electron chi connectivity index (χ2n) is 6.42. The standard InChI is InChI=1S/C19H15F3N4O4S/c20-19(21,22)30-15-3-1-2-4-16(15)31(27,28)25-12-5-7-13(8-6-12)26-11-24-18-14(17(26)23)9-10-29-18/h1-10,23-25H,11H2. The van der Waals surface area contributed by atoms with E-state index in [1.165, 1.54) is 30.5 Å². The normalized spacial score (nSPS) is 14.0. The van der Waals surface area contributed by atoms with Crippen LogP contribution in [0.4, 0.5) is 30.4 Å². The predicted octanol–water partition coefficient (Wildman–Crippen LogP) is 4.19. The fraction of sp³-hybridized carbons (Fsp3) is 0.105. The van der Waals surface area contributed by atoms with Crippen LogP contribution < -0.4 is 19.7 Å². The van der Waals surface area contributed by atoms with Gasteiger partial charge in [0.2, 0.25) is 5.88 Å². The lowest BCUT2D eigenvalue weighted by Gasteiger charge is -2.29. The summed E-state index contributed by atoms with van der Waals surface area (Å²) in [6.07, 6.45) is -3.57. The molecule has 2 aromatic carbocycles. The number of fused-ring (bicyclic) bond motifs is 1. The van der Waals surface area contributed by atoms with Gasteiger partial charge >= 0.3 is 6.36 Å². The number of rotatable bonds is 5. The molecule has 0 amide bonds. The SMILES string of the molecule is N=C1c2ccoc2NCN1c1ccc(NS(=O)(=O)c2ccccc2OC(F)(F)F)cc1. The Morgan fingerprint density at radius 2 is 1.81 bits per heavy atom. The molecule has 0 atom stereocenters. The summed E-state index contributed by atoms with van der Waals surface area (Å²) in [4.78, 5) is 0.994. The maximum Gasteiger partial charge on any atom is 0.573 e. The number of sulfonamides is 1. The third-order valence-corrected chi connectivity index (χ3v) is 5.80. The Bertz CT molecular complexity index is 1220. The highest BCUT2D eigenvalue weighted by Crippen LogP contribution is 2.31. The van der Waals surface area contributed by atoms with E-state index in [1.807, 2.05) is 0 Å². The molecule has 3 N–H and O–H groups in total. The summed E-state index contributed by atoms with van der Waals surface area (Å²) in [5, 5.41) is 11.3. The van der Waals surface area contributed by atoms with E-state index in [2.05, 4.69) is 14.8 Å². The van der Waals surface area contributed by atoms with Gasteiger partial charge in [-0.2, -0.15) is 0 Å². The number of nitrogens with zero attached hydrogens (tertiary/aromatic N) is 1. The van der Waals surface area contributed by atoms with E-state index >= 15 is 0 Å². The van der Waals surface area contributed by atoms with Crippen molar-refractivity contribution in [1.82, 2.24) is 0 Å². The van der Waals surface area contributed by atoms with E-state index < -0.39 is 27.0 Å². The molecule has 0 spiro atoms. The third-order valence-electron chi connectivity index (χ3n) is 4.38. The number of anilines is 3. The van der Waals surface area contributed by atoms with E-state index in [0.717, 1.165) is 12.1 Å². The molecule has 8 nitrogen and oxygen atoms in total. The van der Waals surface area contributed by atoms with Crippen LogP contribution in [0.25, 0.3) is 0 Å². The minimum atomic E-state index is -5.03. The number of halogens is 3. The summed E-state index contributed by atoms with van der Waals surface area (Å²) in [6, 6.07) is 12.2. The number of amidine groups is 1. The first-order valence-corrected chi connectivity index (χ1v) is 10.3. The number of para-hydroxylation sites is 1. The minimum absolute atomic E-state index is 0.131. The van der Waals surface area contributed by atoms with Crippen LogP contribution in [0.3, 0.4) is 0 Å². The van der Waals surface area contributed by atoms with Crippen LogP contribution >= 0.6 is 0 Å². The van der Waals surface area contributed by atoms with Crippen LogP contribution in [-0.2, 0) is 10.0 Å². The maximum absolute atomic E-state index is 12.6. The molecule has 0 aliphatic carbocycles. The van der Waals surface area contributed by atoms with Gasteiger partial charge in [-0.15, -0.1) is 13.2 Å². The van der Waals surface area contributed by atoms with E-state index in [-0.39, 0.29) is 18.2 Å². The van der Waals surface area contributed by atoms with Crippen molar-refractivity contribution in [3.8, 4) is 5.75 Å². The van der Waals surface area contributed by atoms with Gasteiger partial charge < -0.3 is 19.4 Å². The summed E-state index contributed by atoms with van der Waals surface area (Å²) in [6.45, 7) is 0.270. The molecule has 1 aliphatic heterocycles. The van der Waals surface area contributed by atoms with Gasteiger partial charge in [0, 0.05) is 11.4 Å². The fourth-order valence-electron chi connectivity index (χ4n) is 3.03. The van der Waals surface area contributed by atoms with Crippen LogP contribution in [-0.4, -0.2) is 27.3 Å². The number of nitrogens with one attached hydrogen (secondary N) is 3. The summed E-state index contributed by atoms with van der Waals surface area (Å²) in [7, 11) is -4.35. The Morgan fingerprint density at radius 1 is 1.10 bits per heavy atom. The van der Waals surface area contributed by atoms with Gasteiger partial charge in [-0.1, -0.05) is 12.1 Å². The Morgan fingerprint density at radius 3 is 2.52 bits per heavy atom. The fourth-order valence-corrected chi connectivity index (χ4v) is 4.22. The Kier molecular flexibility index (Phi) is 5.01. The van der Waals surface area contributed by atoms with Crippen LogP contribution in [0, 0.1) is 5.41 Å². The number of hydrogen-bond acceptors (Lipinski definition) is 6. The number of hydrogen-bond donors (Lipinski definition) is 3. The molecule has 2 heterocycles. The van der Waals surface area contributed by atoms with Gasteiger partial charge in [0.05, 0.1) is 18.5 Å². The highest BCUT2D eigenvalue weighted by atomic mass is 32.2. The van der Waals surface area contributed by atoms with E-state index in [4.69, 9.17) is 9.83 Å². The first kappa shape index (κ1) is 20.6. The summed E-state index contributed by atoms with van der Waals surface area (Å²) in [5.41, 5.74) is 1.32. The van der Waals surface area contributed by atoms with E-state index in [9.17, 15) is 21.6 Å². The number of furan rings is 1. The van der Waals surface area contributed by atoms with Crippen molar-refractivity contribution in [2.75, 3.05) is 21.6 Å². The molecule has 3 aromatic rings. The van der Waals surface area contributed by atoms with E-state index in [1.54, 1.807) is 23.1 Å². The van der Waals surface area contributed by atoms with Crippen molar-refractivity contribution >= 4 is 33.1 Å².